The Morgan fingerprint density at radius 1 is 1.44 bits per heavy atom. The number of rotatable bonds is 5. The van der Waals surface area contributed by atoms with Gasteiger partial charge in [-0.05, 0) is 24.6 Å². The average Bonchev–Trinajstić information content (AvgIpc) is 2.26. The number of benzene rings is 1. The molecule has 1 unspecified atom stereocenters. The monoisotopic (exact) mass is 225 g/mol. The standard InChI is InChI=1S/C11H16FN3O/c1-7(15-6-10(13)11(14)16)8-2-4-9(12)5-3-8/h2-5,7,10,15H,6,13H2,1H3,(H2,14,16)/t7-,10?/m0/s1. The van der Waals surface area contributed by atoms with Gasteiger partial charge in [-0.25, -0.2) is 4.39 Å². The Kier molecular flexibility index (Phi) is 4.39. The summed E-state index contributed by atoms with van der Waals surface area (Å²) in [6.07, 6.45) is 0. The maximum absolute atomic E-state index is 12.7. The zero-order chi connectivity index (χ0) is 12.1. The van der Waals surface area contributed by atoms with Gasteiger partial charge < -0.3 is 16.8 Å². The molecule has 88 valence electrons. The summed E-state index contributed by atoms with van der Waals surface area (Å²) in [5, 5.41) is 3.05. The van der Waals surface area contributed by atoms with Gasteiger partial charge in [0.1, 0.15) is 5.82 Å². The van der Waals surface area contributed by atoms with Crippen molar-refractivity contribution in [2.24, 2.45) is 11.5 Å². The van der Waals surface area contributed by atoms with Crippen molar-refractivity contribution in [3.8, 4) is 0 Å². The largest absolute Gasteiger partial charge is 0.368 e. The normalized spacial score (nSPS) is 14.4. The average molecular weight is 225 g/mol. The molecule has 0 aromatic heterocycles. The van der Waals surface area contributed by atoms with Gasteiger partial charge in [0.05, 0.1) is 6.04 Å². The topological polar surface area (TPSA) is 81.1 Å². The van der Waals surface area contributed by atoms with Crippen molar-refractivity contribution >= 4 is 5.91 Å². The number of nitrogens with one attached hydrogen (secondary N) is 1. The van der Waals surface area contributed by atoms with Crippen molar-refractivity contribution in [2.75, 3.05) is 6.54 Å². The van der Waals surface area contributed by atoms with E-state index in [-0.39, 0.29) is 11.9 Å². The molecule has 0 spiro atoms. The highest BCUT2D eigenvalue weighted by atomic mass is 19.1. The Labute approximate surface area is 93.8 Å². The fourth-order valence-corrected chi connectivity index (χ4v) is 1.27. The number of nitrogens with two attached hydrogens (primary N) is 2. The van der Waals surface area contributed by atoms with Crippen LogP contribution in [0, 0.1) is 5.82 Å². The van der Waals surface area contributed by atoms with Crippen LogP contribution in [-0.4, -0.2) is 18.5 Å². The second-order valence-corrected chi connectivity index (χ2v) is 3.69. The van der Waals surface area contributed by atoms with Gasteiger partial charge >= 0.3 is 0 Å². The molecule has 0 saturated heterocycles. The van der Waals surface area contributed by atoms with E-state index in [1.54, 1.807) is 12.1 Å². The molecule has 2 atom stereocenters. The van der Waals surface area contributed by atoms with E-state index in [0.717, 1.165) is 5.56 Å². The fourth-order valence-electron chi connectivity index (χ4n) is 1.27. The molecular weight excluding hydrogens is 209 g/mol. The molecular formula is C11H16FN3O. The number of hydrogen-bond acceptors (Lipinski definition) is 3. The number of carbonyl (C=O) groups is 1. The van der Waals surface area contributed by atoms with Crippen LogP contribution in [0.4, 0.5) is 4.39 Å². The van der Waals surface area contributed by atoms with Crippen molar-refractivity contribution in [2.45, 2.75) is 19.0 Å². The Hall–Kier alpha value is -1.46. The van der Waals surface area contributed by atoms with Crippen LogP contribution < -0.4 is 16.8 Å². The molecule has 5 heteroatoms. The molecule has 0 heterocycles. The molecule has 0 radical (unpaired) electrons. The highest BCUT2D eigenvalue weighted by molar-refractivity contribution is 5.79. The SMILES string of the molecule is C[C@H](NCC(N)C(N)=O)c1ccc(F)cc1. The lowest BCUT2D eigenvalue weighted by molar-refractivity contribution is -0.119. The summed E-state index contributed by atoms with van der Waals surface area (Å²) in [5.74, 6) is -0.816. The van der Waals surface area contributed by atoms with E-state index in [1.807, 2.05) is 6.92 Å². The van der Waals surface area contributed by atoms with Crippen molar-refractivity contribution in [1.82, 2.24) is 5.32 Å². The summed E-state index contributed by atoms with van der Waals surface area (Å²) in [7, 11) is 0. The second kappa shape index (κ2) is 5.58. The van der Waals surface area contributed by atoms with Crippen LogP contribution in [0.1, 0.15) is 18.5 Å². The van der Waals surface area contributed by atoms with Crippen molar-refractivity contribution in [1.29, 1.82) is 0 Å². The lowest BCUT2D eigenvalue weighted by Crippen LogP contribution is -2.44. The number of hydrogen-bond donors (Lipinski definition) is 3. The first-order chi connectivity index (χ1) is 7.50. The van der Waals surface area contributed by atoms with Crippen molar-refractivity contribution in [3.05, 3.63) is 35.6 Å². The number of amides is 1. The quantitative estimate of drug-likeness (QED) is 0.673. The molecule has 1 amide bonds. The van der Waals surface area contributed by atoms with E-state index in [0.29, 0.717) is 6.54 Å². The first-order valence-electron chi connectivity index (χ1n) is 5.04. The van der Waals surface area contributed by atoms with Crippen LogP contribution in [-0.2, 0) is 4.79 Å². The second-order valence-electron chi connectivity index (χ2n) is 3.69. The Balaban J connectivity index is 2.49. The third-order valence-corrected chi connectivity index (χ3v) is 2.38. The summed E-state index contributed by atoms with van der Waals surface area (Å²) in [6.45, 7) is 2.20. The van der Waals surface area contributed by atoms with E-state index in [2.05, 4.69) is 5.32 Å². The van der Waals surface area contributed by atoms with Gasteiger partial charge in [-0.2, -0.15) is 0 Å². The minimum Gasteiger partial charge on any atom is -0.368 e. The van der Waals surface area contributed by atoms with E-state index in [9.17, 15) is 9.18 Å². The Morgan fingerprint density at radius 2 is 2.00 bits per heavy atom. The van der Waals surface area contributed by atoms with Gasteiger partial charge in [0, 0.05) is 12.6 Å². The van der Waals surface area contributed by atoms with Gasteiger partial charge in [0.15, 0.2) is 0 Å². The maximum atomic E-state index is 12.7. The first-order valence-corrected chi connectivity index (χ1v) is 5.04. The van der Waals surface area contributed by atoms with Gasteiger partial charge in [-0.3, -0.25) is 4.79 Å². The van der Waals surface area contributed by atoms with Crippen LogP contribution >= 0.6 is 0 Å². The van der Waals surface area contributed by atoms with Crippen LogP contribution in [0.2, 0.25) is 0 Å². The Morgan fingerprint density at radius 3 is 2.50 bits per heavy atom. The van der Waals surface area contributed by atoms with Gasteiger partial charge in [-0.1, -0.05) is 12.1 Å². The number of halogens is 1. The molecule has 1 aromatic rings. The molecule has 0 bridgehead atoms. The molecule has 1 rings (SSSR count). The minimum atomic E-state index is -0.706. The summed E-state index contributed by atoms with van der Waals surface area (Å²) in [6, 6.07) is 5.43. The minimum absolute atomic E-state index is 0.00833. The van der Waals surface area contributed by atoms with E-state index < -0.39 is 11.9 Å². The zero-order valence-corrected chi connectivity index (χ0v) is 9.11. The van der Waals surface area contributed by atoms with Gasteiger partial charge in [0.25, 0.3) is 0 Å². The molecule has 0 fully saturated rings. The molecule has 4 nitrogen and oxygen atoms in total. The highest BCUT2D eigenvalue weighted by Gasteiger charge is 2.11. The summed E-state index contributed by atoms with van der Waals surface area (Å²) >= 11 is 0. The molecule has 0 aliphatic rings. The zero-order valence-electron chi connectivity index (χ0n) is 9.11. The number of carbonyl (C=O) groups excluding carboxylic acids is 1. The van der Waals surface area contributed by atoms with E-state index in [4.69, 9.17) is 11.5 Å². The van der Waals surface area contributed by atoms with Crippen molar-refractivity contribution < 1.29 is 9.18 Å². The smallest absolute Gasteiger partial charge is 0.235 e. The van der Waals surface area contributed by atoms with Crippen LogP contribution in [0.25, 0.3) is 0 Å². The summed E-state index contributed by atoms with van der Waals surface area (Å²) in [5.41, 5.74) is 11.4. The van der Waals surface area contributed by atoms with E-state index in [1.165, 1.54) is 12.1 Å². The molecule has 0 aliphatic heterocycles. The van der Waals surface area contributed by atoms with Crippen LogP contribution in [0.5, 0.6) is 0 Å². The van der Waals surface area contributed by atoms with Crippen molar-refractivity contribution in [3.63, 3.8) is 0 Å². The Bertz CT molecular complexity index is 353. The molecule has 16 heavy (non-hydrogen) atoms. The highest BCUT2D eigenvalue weighted by Crippen LogP contribution is 2.12. The summed E-state index contributed by atoms with van der Waals surface area (Å²) < 4.78 is 12.7. The third-order valence-electron chi connectivity index (χ3n) is 2.38. The van der Waals surface area contributed by atoms with Gasteiger partial charge in [0.2, 0.25) is 5.91 Å². The lowest BCUT2D eigenvalue weighted by Gasteiger charge is -2.16. The molecule has 0 saturated carbocycles. The number of primary amides is 1. The van der Waals surface area contributed by atoms with E-state index >= 15 is 0 Å². The summed E-state index contributed by atoms with van der Waals surface area (Å²) in [4.78, 5) is 10.7. The predicted molar refractivity (Wildman–Crippen MR) is 60.0 cm³/mol. The van der Waals surface area contributed by atoms with Crippen LogP contribution in [0.3, 0.4) is 0 Å². The third kappa shape index (κ3) is 3.60. The molecule has 1 aromatic carbocycles. The van der Waals surface area contributed by atoms with Crippen LogP contribution in [0.15, 0.2) is 24.3 Å². The maximum Gasteiger partial charge on any atom is 0.235 e. The molecule has 5 N–H and O–H groups in total. The molecule has 0 aliphatic carbocycles. The lowest BCUT2D eigenvalue weighted by atomic mass is 10.1. The first kappa shape index (κ1) is 12.6. The van der Waals surface area contributed by atoms with Gasteiger partial charge in [-0.15, -0.1) is 0 Å². The predicted octanol–water partition coefficient (Wildman–Crippen LogP) is 0.289. The fraction of sp³-hybridized carbons (Fsp3) is 0.364.